The van der Waals surface area contributed by atoms with E-state index < -0.39 is 0 Å². The van der Waals surface area contributed by atoms with E-state index in [1.165, 1.54) is 0 Å². The van der Waals surface area contributed by atoms with Gasteiger partial charge in [-0.2, -0.15) is 0 Å². The summed E-state index contributed by atoms with van der Waals surface area (Å²) >= 11 is 1.60. The van der Waals surface area contributed by atoms with Crippen LogP contribution in [0.4, 0.5) is 11.6 Å². The molecule has 0 atom stereocenters. The molecule has 1 aromatic carbocycles. The summed E-state index contributed by atoms with van der Waals surface area (Å²) in [4.78, 5) is 31.5. The monoisotopic (exact) mass is 430 g/mol. The van der Waals surface area contributed by atoms with Crippen LogP contribution in [0.2, 0.25) is 0 Å². The molecule has 7 nitrogen and oxygen atoms in total. The second-order valence-electron chi connectivity index (χ2n) is 7.64. The average molecular weight is 431 g/mol. The molecule has 5 rings (SSSR count). The summed E-state index contributed by atoms with van der Waals surface area (Å²) in [6, 6.07) is 11.7. The van der Waals surface area contributed by atoms with E-state index >= 15 is 0 Å². The van der Waals surface area contributed by atoms with Crippen molar-refractivity contribution in [3.8, 4) is 10.4 Å². The van der Waals surface area contributed by atoms with Crippen molar-refractivity contribution in [3.63, 3.8) is 0 Å². The van der Waals surface area contributed by atoms with E-state index in [2.05, 4.69) is 49.2 Å². The van der Waals surface area contributed by atoms with Crippen molar-refractivity contribution in [1.29, 1.82) is 0 Å². The number of likely N-dealkylation sites (N-methyl/N-ethyl adjacent to an activating group) is 1. The summed E-state index contributed by atoms with van der Waals surface area (Å²) < 4.78 is 0. The maximum atomic E-state index is 12.9. The van der Waals surface area contributed by atoms with Crippen LogP contribution in [-0.2, 0) is 0 Å². The lowest BCUT2D eigenvalue weighted by molar-refractivity contribution is 0.102. The summed E-state index contributed by atoms with van der Waals surface area (Å²) in [7, 11) is 2.12. The van der Waals surface area contributed by atoms with E-state index in [0.717, 1.165) is 53.2 Å². The van der Waals surface area contributed by atoms with Crippen LogP contribution in [0.15, 0.2) is 60.5 Å². The van der Waals surface area contributed by atoms with E-state index in [1.54, 1.807) is 29.8 Å². The molecule has 4 aromatic rings. The summed E-state index contributed by atoms with van der Waals surface area (Å²) in [6.45, 7) is 3.79. The summed E-state index contributed by atoms with van der Waals surface area (Å²) in [6.07, 6.45) is 5.33. The molecule has 8 heteroatoms. The highest BCUT2D eigenvalue weighted by Crippen LogP contribution is 2.28. The van der Waals surface area contributed by atoms with Crippen LogP contribution in [-0.4, -0.2) is 59.0 Å². The fourth-order valence-electron chi connectivity index (χ4n) is 3.68. The number of fused-ring (bicyclic) bond motifs is 1. The molecule has 31 heavy (non-hydrogen) atoms. The standard InChI is InChI=1S/C23H22N6OS/c1-28-6-8-29(9-7-28)22-12-17(4-5-25-22)23(30)27-21-11-19-10-16(20-14-24-15-31-20)2-3-18(19)13-26-21/h2-5,10-15H,6-9H2,1H3,(H,26,27,30). The molecule has 0 radical (unpaired) electrons. The Morgan fingerprint density at radius 1 is 1.00 bits per heavy atom. The van der Waals surface area contributed by atoms with Gasteiger partial charge in [0.1, 0.15) is 11.6 Å². The minimum atomic E-state index is -0.191. The predicted molar refractivity (Wildman–Crippen MR) is 125 cm³/mol. The zero-order valence-electron chi connectivity index (χ0n) is 17.2. The number of pyridine rings is 2. The van der Waals surface area contributed by atoms with Crippen molar-refractivity contribution in [3.05, 3.63) is 66.1 Å². The molecule has 0 bridgehead atoms. The van der Waals surface area contributed by atoms with Gasteiger partial charge in [-0.1, -0.05) is 12.1 Å². The Bertz CT molecular complexity index is 1220. The number of nitrogens with zero attached hydrogens (tertiary/aromatic N) is 5. The van der Waals surface area contributed by atoms with Crippen molar-refractivity contribution in [2.24, 2.45) is 0 Å². The second kappa shape index (κ2) is 8.41. The number of rotatable bonds is 4. The highest BCUT2D eigenvalue weighted by atomic mass is 32.1. The van der Waals surface area contributed by atoms with Crippen LogP contribution >= 0.6 is 11.3 Å². The summed E-state index contributed by atoms with van der Waals surface area (Å²) in [5.41, 5.74) is 3.50. The first-order chi connectivity index (χ1) is 15.2. The van der Waals surface area contributed by atoms with Crippen molar-refractivity contribution in [2.45, 2.75) is 0 Å². The Morgan fingerprint density at radius 2 is 1.87 bits per heavy atom. The predicted octanol–water partition coefficient (Wildman–Crippen LogP) is 3.76. The summed E-state index contributed by atoms with van der Waals surface area (Å²) in [5, 5.41) is 4.97. The Labute approximate surface area is 184 Å². The summed E-state index contributed by atoms with van der Waals surface area (Å²) in [5.74, 6) is 1.17. The zero-order chi connectivity index (χ0) is 21.2. The first kappa shape index (κ1) is 19.6. The third kappa shape index (κ3) is 4.26. The fraction of sp³-hybridized carbons (Fsp3) is 0.217. The molecule has 1 amide bonds. The van der Waals surface area contributed by atoms with Gasteiger partial charge >= 0.3 is 0 Å². The first-order valence-corrected chi connectivity index (χ1v) is 11.0. The largest absolute Gasteiger partial charge is 0.354 e. The third-order valence-corrected chi connectivity index (χ3v) is 6.34. The molecule has 0 spiro atoms. The molecule has 1 N–H and O–H groups in total. The quantitative estimate of drug-likeness (QED) is 0.531. The van der Waals surface area contributed by atoms with Crippen molar-refractivity contribution in [1.82, 2.24) is 19.9 Å². The van der Waals surface area contributed by atoms with Crippen molar-refractivity contribution in [2.75, 3.05) is 43.4 Å². The van der Waals surface area contributed by atoms with Crippen LogP contribution in [0.25, 0.3) is 21.2 Å². The number of carbonyl (C=O) groups is 1. The number of carbonyl (C=O) groups excluding carboxylic acids is 1. The Kier molecular flexibility index (Phi) is 5.31. The van der Waals surface area contributed by atoms with Crippen LogP contribution in [0.5, 0.6) is 0 Å². The van der Waals surface area contributed by atoms with Gasteiger partial charge < -0.3 is 15.1 Å². The Balaban J connectivity index is 1.35. The van der Waals surface area contributed by atoms with Crippen LogP contribution in [0, 0.1) is 0 Å². The van der Waals surface area contributed by atoms with Gasteiger partial charge in [0.05, 0.1) is 10.4 Å². The van der Waals surface area contributed by atoms with Crippen LogP contribution in [0.3, 0.4) is 0 Å². The first-order valence-electron chi connectivity index (χ1n) is 10.2. The van der Waals surface area contributed by atoms with E-state index in [9.17, 15) is 4.79 Å². The van der Waals surface area contributed by atoms with E-state index in [0.29, 0.717) is 11.4 Å². The molecule has 0 aliphatic carbocycles. The van der Waals surface area contributed by atoms with Gasteiger partial charge in [0, 0.05) is 55.7 Å². The Hall–Kier alpha value is -3.36. The minimum absolute atomic E-state index is 0.191. The normalized spacial score (nSPS) is 14.7. The van der Waals surface area contributed by atoms with Gasteiger partial charge in [0.2, 0.25) is 0 Å². The van der Waals surface area contributed by atoms with Gasteiger partial charge in [0.15, 0.2) is 0 Å². The van der Waals surface area contributed by atoms with E-state index in [1.807, 2.05) is 29.9 Å². The SMILES string of the molecule is CN1CCN(c2cc(C(=O)Nc3cc4cc(-c5cncs5)ccc4cn3)ccn2)CC1. The number of aromatic nitrogens is 3. The lowest BCUT2D eigenvalue weighted by atomic mass is 10.1. The molecule has 1 saturated heterocycles. The molecule has 0 unspecified atom stereocenters. The fourth-order valence-corrected chi connectivity index (χ4v) is 4.30. The number of hydrogen-bond acceptors (Lipinski definition) is 7. The number of thiazole rings is 1. The number of benzene rings is 1. The van der Waals surface area contributed by atoms with E-state index in [-0.39, 0.29) is 5.91 Å². The molecule has 1 aliphatic heterocycles. The van der Waals surface area contributed by atoms with Gasteiger partial charge in [0.25, 0.3) is 5.91 Å². The topological polar surface area (TPSA) is 74.2 Å². The maximum Gasteiger partial charge on any atom is 0.257 e. The van der Waals surface area contributed by atoms with Crippen molar-refractivity contribution >= 4 is 39.7 Å². The van der Waals surface area contributed by atoms with Gasteiger partial charge in [-0.25, -0.2) is 9.97 Å². The lowest BCUT2D eigenvalue weighted by Crippen LogP contribution is -2.44. The van der Waals surface area contributed by atoms with Crippen LogP contribution in [0.1, 0.15) is 10.4 Å². The number of nitrogens with one attached hydrogen (secondary N) is 1. The molecule has 156 valence electrons. The molecule has 4 heterocycles. The number of piperazine rings is 1. The third-order valence-electron chi connectivity index (χ3n) is 5.52. The number of hydrogen-bond donors (Lipinski definition) is 1. The maximum absolute atomic E-state index is 12.9. The average Bonchev–Trinajstić information content (AvgIpc) is 3.34. The number of amides is 1. The molecular formula is C23H22N6OS. The van der Waals surface area contributed by atoms with Gasteiger partial charge in [-0.3, -0.25) is 9.78 Å². The lowest BCUT2D eigenvalue weighted by Gasteiger charge is -2.33. The molecule has 0 saturated carbocycles. The van der Waals surface area contributed by atoms with E-state index in [4.69, 9.17) is 0 Å². The van der Waals surface area contributed by atoms with Crippen molar-refractivity contribution < 1.29 is 4.79 Å². The van der Waals surface area contributed by atoms with Gasteiger partial charge in [-0.05, 0) is 42.3 Å². The van der Waals surface area contributed by atoms with Crippen LogP contribution < -0.4 is 10.2 Å². The van der Waals surface area contributed by atoms with Gasteiger partial charge in [-0.15, -0.1) is 11.3 Å². The number of anilines is 2. The zero-order valence-corrected chi connectivity index (χ0v) is 18.0. The molecule has 3 aromatic heterocycles. The Morgan fingerprint density at radius 3 is 2.68 bits per heavy atom. The highest BCUT2D eigenvalue weighted by Gasteiger charge is 2.17. The highest BCUT2D eigenvalue weighted by molar-refractivity contribution is 7.13. The minimum Gasteiger partial charge on any atom is -0.354 e. The smallest absolute Gasteiger partial charge is 0.257 e. The second-order valence-corrected chi connectivity index (χ2v) is 8.53. The molecule has 1 fully saturated rings. The molecule has 1 aliphatic rings. The molecular weight excluding hydrogens is 408 g/mol.